The van der Waals surface area contributed by atoms with Crippen molar-refractivity contribution in [1.29, 1.82) is 0 Å². The Kier molecular flexibility index (Phi) is 3.47. The van der Waals surface area contributed by atoms with Gasteiger partial charge in [-0.1, -0.05) is 31.5 Å². The lowest BCUT2D eigenvalue weighted by Gasteiger charge is -2.07. The summed E-state index contributed by atoms with van der Waals surface area (Å²) in [5.74, 6) is 0.139. The molecular weight excluding hydrogens is 212 g/mol. The van der Waals surface area contributed by atoms with Gasteiger partial charge < -0.3 is 5.11 Å². The molecule has 0 spiro atoms. The normalized spacial score (nSPS) is 10.7. The average Bonchev–Trinajstić information content (AvgIpc) is 2.65. The third-order valence-corrected chi connectivity index (χ3v) is 2.99. The van der Waals surface area contributed by atoms with Crippen LogP contribution in [0.2, 0.25) is 0 Å². The second-order valence-corrected chi connectivity index (χ2v) is 4.25. The molecule has 0 aliphatic heterocycles. The lowest BCUT2D eigenvalue weighted by Crippen LogP contribution is -2.02. The van der Waals surface area contributed by atoms with Gasteiger partial charge in [-0.3, -0.25) is 0 Å². The third kappa shape index (κ3) is 2.33. The number of aromatic hydroxyl groups is 1. The maximum Gasteiger partial charge on any atom is 0.233 e. The van der Waals surface area contributed by atoms with Crippen LogP contribution in [0.25, 0.3) is 5.69 Å². The van der Waals surface area contributed by atoms with Crippen LogP contribution in [0.3, 0.4) is 0 Å². The Morgan fingerprint density at radius 2 is 1.94 bits per heavy atom. The van der Waals surface area contributed by atoms with Crippen molar-refractivity contribution in [3.05, 3.63) is 41.6 Å². The number of hydrogen-bond acceptors (Lipinski definition) is 2. The summed E-state index contributed by atoms with van der Waals surface area (Å²) in [5.41, 5.74) is 3.00. The van der Waals surface area contributed by atoms with Crippen LogP contribution in [0.15, 0.2) is 30.3 Å². The van der Waals surface area contributed by atoms with E-state index in [1.807, 2.05) is 41.9 Å². The molecule has 2 aromatic rings. The van der Waals surface area contributed by atoms with E-state index >= 15 is 0 Å². The van der Waals surface area contributed by atoms with E-state index in [1.165, 1.54) is 0 Å². The first kappa shape index (κ1) is 11.7. The molecule has 1 aromatic carbocycles. The van der Waals surface area contributed by atoms with E-state index in [1.54, 1.807) is 0 Å². The number of hydrogen-bond donors (Lipinski definition) is 1. The van der Waals surface area contributed by atoms with E-state index in [0.717, 1.165) is 36.2 Å². The first-order valence-corrected chi connectivity index (χ1v) is 6.07. The largest absolute Gasteiger partial charge is 0.492 e. The molecule has 0 atom stereocenters. The highest BCUT2D eigenvalue weighted by Gasteiger charge is 2.13. The first-order valence-electron chi connectivity index (χ1n) is 6.07. The summed E-state index contributed by atoms with van der Waals surface area (Å²) >= 11 is 0. The monoisotopic (exact) mass is 230 g/mol. The van der Waals surface area contributed by atoms with Gasteiger partial charge in [0.2, 0.25) is 5.88 Å². The number of benzene rings is 1. The molecule has 3 nitrogen and oxygen atoms in total. The van der Waals surface area contributed by atoms with Gasteiger partial charge in [-0.05, 0) is 31.9 Å². The van der Waals surface area contributed by atoms with Gasteiger partial charge in [0.25, 0.3) is 0 Å². The van der Waals surface area contributed by atoms with Crippen LogP contribution < -0.4 is 0 Å². The van der Waals surface area contributed by atoms with Gasteiger partial charge in [0.15, 0.2) is 0 Å². The molecule has 0 aliphatic carbocycles. The molecule has 0 radical (unpaired) electrons. The summed E-state index contributed by atoms with van der Waals surface area (Å²) in [7, 11) is 0. The molecule has 0 unspecified atom stereocenters. The number of para-hydroxylation sites is 1. The molecule has 1 N–H and O–H groups in total. The third-order valence-electron chi connectivity index (χ3n) is 2.99. The fourth-order valence-electron chi connectivity index (χ4n) is 1.94. The molecule has 17 heavy (non-hydrogen) atoms. The molecule has 90 valence electrons. The van der Waals surface area contributed by atoms with E-state index in [2.05, 4.69) is 12.0 Å². The minimum Gasteiger partial charge on any atom is -0.492 e. The van der Waals surface area contributed by atoms with Crippen LogP contribution in [0.5, 0.6) is 5.88 Å². The van der Waals surface area contributed by atoms with Gasteiger partial charge in [0.05, 0.1) is 11.4 Å². The SMILES string of the molecule is CCCCc1c(C)c(O)nn1-c1ccccc1. The quantitative estimate of drug-likeness (QED) is 0.875. The smallest absolute Gasteiger partial charge is 0.233 e. The molecule has 1 heterocycles. The van der Waals surface area contributed by atoms with Crippen molar-refractivity contribution in [3.63, 3.8) is 0 Å². The Hall–Kier alpha value is -1.77. The molecule has 0 aliphatic rings. The Balaban J connectivity index is 2.43. The summed E-state index contributed by atoms with van der Waals surface area (Å²) in [5, 5.41) is 14.0. The lowest BCUT2D eigenvalue weighted by atomic mass is 10.1. The van der Waals surface area contributed by atoms with Gasteiger partial charge in [0.1, 0.15) is 0 Å². The number of nitrogens with zero attached hydrogens (tertiary/aromatic N) is 2. The van der Waals surface area contributed by atoms with Gasteiger partial charge >= 0.3 is 0 Å². The maximum atomic E-state index is 9.75. The fraction of sp³-hybridized carbons (Fsp3) is 0.357. The standard InChI is InChI=1S/C14H18N2O/c1-3-4-10-13-11(2)14(17)15-16(13)12-8-6-5-7-9-12/h5-9H,3-4,10H2,1-2H3,(H,15,17). The molecule has 3 heteroatoms. The van der Waals surface area contributed by atoms with Crippen LogP contribution >= 0.6 is 0 Å². The lowest BCUT2D eigenvalue weighted by molar-refractivity contribution is 0.444. The van der Waals surface area contributed by atoms with Crippen molar-refractivity contribution in [1.82, 2.24) is 9.78 Å². The number of rotatable bonds is 4. The zero-order chi connectivity index (χ0) is 12.3. The van der Waals surface area contributed by atoms with Crippen molar-refractivity contribution >= 4 is 0 Å². The Morgan fingerprint density at radius 3 is 2.59 bits per heavy atom. The zero-order valence-electron chi connectivity index (χ0n) is 10.3. The minimum atomic E-state index is 0.139. The van der Waals surface area contributed by atoms with E-state index in [0.29, 0.717) is 0 Å². The van der Waals surface area contributed by atoms with Gasteiger partial charge in [-0.25, -0.2) is 4.68 Å². The summed E-state index contributed by atoms with van der Waals surface area (Å²) in [6.07, 6.45) is 3.20. The van der Waals surface area contributed by atoms with Crippen molar-refractivity contribution < 1.29 is 5.11 Å². The van der Waals surface area contributed by atoms with Gasteiger partial charge in [0, 0.05) is 5.56 Å². The van der Waals surface area contributed by atoms with Gasteiger partial charge in [-0.15, -0.1) is 5.10 Å². The maximum absolute atomic E-state index is 9.75. The zero-order valence-corrected chi connectivity index (χ0v) is 10.3. The molecule has 0 saturated heterocycles. The second-order valence-electron chi connectivity index (χ2n) is 4.25. The van der Waals surface area contributed by atoms with Crippen LogP contribution in [0.4, 0.5) is 0 Å². The van der Waals surface area contributed by atoms with Crippen molar-refractivity contribution in [2.75, 3.05) is 0 Å². The van der Waals surface area contributed by atoms with Gasteiger partial charge in [-0.2, -0.15) is 0 Å². The van der Waals surface area contributed by atoms with E-state index in [4.69, 9.17) is 0 Å². The van der Waals surface area contributed by atoms with Crippen LogP contribution in [-0.4, -0.2) is 14.9 Å². The van der Waals surface area contributed by atoms with Crippen LogP contribution in [-0.2, 0) is 6.42 Å². The molecular formula is C14H18N2O. The topological polar surface area (TPSA) is 38.1 Å². The number of unbranched alkanes of at least 4 members (excludes halogenated alkanes) is 1. The predicted octanol–water partition coefficient (Wildman–Crippen LogP) is 3.23. The van der Waals surface area contributed by atoms with Crippen molar-refractivity contribution in [3.8, 4) is 11.6 Å². The Morgan fingerprint density at radius 1 is 1.24 bits per heavy atom. The predicted molar refractivity (Wildman–Crippen MR) is 68.6 cm³/mol. The highest BCUT2D eigenvalue weighted by molar-refractivity contribution is 5.38. The van der Waals surface area contributed by atoms with E-state index in [9.17, 15) is 5.11 Å². The number of aromatic nitrogens is 2. The van der Waals surface area contributed by atoms with E-state index in [-0.39, 0.29) is 5.88 Å². The summed E-state index contributed by atoms with van der Waals surface area (Å²) in [6, 6.07) is 9.94. The molecule has 0 bridgehead atoms. The molecule has 0 fully saturated rings. The Labute approximate surface area is 102 Å². The molecule has 2 rings (SSSR count). The Bertz CT molecular complexity index is 488. The summed E-state index contributed by atoms with van der Waals surface area (Å²) in [4.78, 5) is 0. The van der Waals surface area contributed by atoms with Crippen molar-refractivity contribution in [2.45, 2.75) is 33.1 Å². The molecule has 1 aromatic heterocycles. The molecule has 0 amide bonds. The van der Waals surface area contributed by atoms with Crippen molar-refractivity contribution in [2.24, 2.45) is 0 Å². The highest BCUT2D eigenvalue weighted by Crippen LogP contribution is 2.23. The first-order chi connectivity index (χ1) is 8.24. The minimum absolute atomic E-state index is 0.139. The highest BCUT2D eigenvalue weighted by atomic mass is 16.3. The molecule has 0 saturated carbocycles. The van der Waals surface area contributed by atoms with Crippen LogP contribution in [0, 0.1) is 6.92 Å². The van der Waals surface area contributed by atoms with Crippen LogP contribution in [0.1, 0.15) is 31.0 Å². The summed E-state index contributed by atoms with van der Waals surface area (Å²) < 4.78 is 1.85. The average molecular weight is 230 g/mol. The second kappa shape index (κ2) is 5.04. The fourth-order valence-corrected chi connectivity index (χ4v) is 1.94. The summed E-state index contributed by atoms with van der Waals surface area (Å²) in [6.45, 7) is 4.09. The van der Waals surface area contributed by atoms with E-state index < -0.39 is 0 Å².